The number of carbonyl (C=O) groups excluding carboxylic acids is 1. The number of ketones is 1. The molecule has 0 saturated heterocycles. The Hall–Kier alpha value is -1.87. The first kappa shape index (κ1) is 16.5. The molecule has 0 saturated carbocycles. The lowest BCUT2D eigenvalue weighted by Crippen LogP contribution is -2.16. The summed E-state index contributed by atoms with van der Waals surface area (Å²) in [5.74, 6) is 0.101. The molecule has 0 fully saturated rings. The highest BCUT2D eigenvalue weighted by atomic mass is 35.5. The molecule has 0 aliphatic rings. The van der Waals surface area contributed by atoms with Gasteiger partial charge in [-0.25, -0.2) is 4.98 Å². The van der Waals surface area contributed by atoms with E-state index in [4.69, 9.17) is 11.6 Å². The molecule has 1 aromatic carbocycles. The average Bonchev–Trinajstić information content (AvgIpc) is 3.05. The van der Waals surface area contributed by atoms with Crippen molar-refractivity contribution in [3.8, 4) is 0 Å². The van der Waals surface area contributed by atoms with E-state index in [9.17, 15) is 4.79 Å². The van der Waals surface area contributed by atoms with Gasteiger partial charge in [-0.3, -0.25) is 4.79 Å². The van der Waals surface area contributed by atoms with Gasteiger partial charge in [0.1, 0.15) is 0 Å². The van der Waals surface area contributed by atoms with Crippen molar-refractivity contribution in [1.29, 1.82) is 0 Å². The molecule has 0 amide bonds. The molecule has 2 aromatic rings. The van der Waals surface area contributed by atoms with E-state index in [-0.39, 0.29) is 11.8 Å². The Kier molecular flexibility index (Phi) is 6.41. The standard InChI is InChI=1S/C18H21ClN2O/c1-2-3-4-5-17(21-13-12-20-14-21)18(22)11-8-15-6-9-16(19)10-7-15/h6-14,17H,2-5H2,1H3. The number of hydrogen-bond acceptors (Lipinski definition) is 2. The van der Waals surface area contributed by atoms with Gasteiger partial charge in [-0.15, -0.1) is 0 Å². The van der Waals surface area contributed by atoms with Crippen LogP contribution in [0.5, 0.6) is 0 Å². The molecule has 1 atom stereocenters. The van der Waals surface area contributed by atoms with E-state index < -0.39 is 0 Å². The summed E-state index contributed by atoms with van der Waals surface area (Å²) in [7, 11) is 0. The number of imidazole rings is 1. The minimum Gasteiger partial charge on any atom is -0.327 e. The third-order valence-electron chi connectivity index (χ3n) is 3.60. The molecule has 0 aliphatic carbocycles. The van der Waals surface area contributed by atoms with Crippen LogP contribution in [-0.2, 0) is 4.79 Å². The summed E-state index contributed by atoms with van der Waals surface area (Å²) in [5, 5.41) is 0.694. The number of carbonyl (C=O) groups is 1. The van der Waals surface area contributed by atoms with Crippen molar-refractivity contribution < 1.29 is 4.79 Å². The monoisotopic (exact) mass is 316 g/mol. The molecule has 0 N–H and O–H groups in total. The zero-order valence-electron chi connectivity index (χ0n) is 12.8. The molecular formula is C18H21ClN2O. The summed E-state index contributed by atoms with van der Waals surface area (Å²) in [6, 6.07) is 7.27. The van der Waals surface area contributed by atoms with Crippen LogP contribution in [0.3, 0.4) is 0 Å². The largest absolute Gasteiger partial charge is 0.327 e. The van der Waals surface area contributed by atoms with Gasteiger partial charge in [0.25, 0.3) is 0 Å². The van der Waals surface area contributed by atoms with Crippen LogP contribution >= 0.6 is 11.6 Å². The van der Waals surface area contributed by atoms with Gasteiger partial charge in [0, 0.05) is 17.4 Å². The number of hydrogen-bond donors (Lipinski definition) is 0. The minimum atomic E-state index is -0.169. The summed E-state index contributed by atoms with van der Waals surface area (Å²) in [6.45, 7) is 2.16. The first-order valence-corrected chi connectivity index (χ1v) is 8.03. The van der Waals surface area contributed by atoms with Crippen molar-refractivity contribution in [2.24, 2.45) is 0 Å². The van der Waals surface area contributed by atoms with Crippen molar-refractivity contribution >= 4 is 23.5 Å². The molecule has 0 spiro atoms. The Morgan fingerprint density at radius 3 is 2.73 bits per heavy atom. The van der Waals surface area contributed by atoms with Gasteiger partial charge in [-0.2, -0.15) is 0 Å². The molecule has 22 heavy (non-hydrogen) atoms. The number of aromatic nitrogens is 2. The van der Waals surface area contributed by atoms with Crippen LogP contribution in [0.25, 0.3) is 6.08 Å². The highest BCUT2D eigenvalue weighted by molar-refractivity contribution is 6.30. The number of unbranched alkanes of at least 4 members (excludes halogenated alkanes) is 2. The van der Waals surface area contributed by atoms with Gasteiger partial charge in [-0.1, -0.05) is 56.0 Å². The average molecular weight is 317 g/mol. The van der Waals surface area contributed by atoms with Crippen molar-refractivity contribution in [1.82, 2.24) is 9.55 Å². The van der Waals surface area contributed by atoms with Gasteiger partial charge < -0.3 is 4.57 Å². The fourth-order valence-electron chi connectivity index (χ4n) is 2.34. The zero-order valence-corrected chi connectivity index (χ0v) is 13.5. The summed E-state index contributed by atoms with van der Waals surface area (Å²) >= 11 is 5.86. The summed E-state index contributed by atoms with van der Waals surface area (Å²) in [4.78, 5) is 16.6. The predicted octanol–water partition coefficient (Wildman–Crippen LogP) is 4.94. The summed E-state index contributed by atoms with van der Waals surface area (Å²) < 4.78 is 1.89. The highest BCUT2D eigenvalue weighted by Gasteiger charge is 2.16. The number of rotatable bonds is 8. The van der Waals surface area contributed by atoms with Crippen LogP contribution in [0.15, 0.2) is 49.1 Å². The van der Waals surface area contributed by atoms with Gasteiger partial charge in [-0.05, 0) is 30.2 Å². The Morgan fingerprint density at radius 2 is 2.09 bits per heavy atom. The molecule has 116 valence electrons. The van der Waals surface area contributed by atoms with E-state index in [1.54, 1.807) is 18.6 Å². The second kappa shape index (κ2) is 8.54. The third-order valence-corrected chi connectivity index (χ3v) is 3.86. The normalized spacial score (nSPS) is 12.6. The second-order valence-corrected chi connectivity index (χ2v) is 5.75. The number of nitrogens with zero attached hydrogens (tertiary/aromatic N) is 2. The maximum absolute atomic E-state index is 12.5. The maximum atomic E-state index is 12.5. The topological polar surface area (TPSA) is 34.9 Å². The molecule has 0 aliphatic heterocycles. The Balaban J connectivity index is 2.06. The van der Waals surface area contributed by atoms with Crippen molar-refractivity contribution in [3.63, 3.8) is 0 Å². The van der Waals surface area contributed by atoms with E-state index in [1.165, 1.54) is 0 Å². The van der Waals surface area contributed by atoms with Crippen molar-refractivity contribution in [2.45, 2.75) is 38.6 Å². The Bertz CT molecular complexity index is 603. The van der Waals surface area contributed by atoms with Gasteiger partial charge in [0.15, 0.2) is 5.78 Å². The fraction of sp³-hybridized carbons (Fsp3) is 0.333. The van der Waals surface area contributed by atoms with Gasteiger partial charge in [0.05, 0.1) is 12.4 Å². The fourth-order valence-corrected chi connectivity index (χ4v) is 2.47. The lowest BCUT2D eigenvalue weighted by molar-refractivity contribution is -0.117. The SMILES string of the molecule is CCCCCC(C(=O)C=Cc1ccc(Cl)cc1)n1ccnc1. The van der Waals surface area contributed by atoms with E-state index in [1.807, 2.05) is 41.1 Å². The van der Waals surface area contributed by atoms with E-state index >= 15 is 0 Å². The molecule has 0 radical (unpaired) electrons. The van der Waals surface area contributed by atoms with E-state index in [2.05, 4.69) is 11.9 Å². The summed E-state index contributed by atoms with van der Waals surface area (Å²) in [5.41, 5.74) is 0.968. The van der Waals surface area contributed by atoms with Crippen LogP contribution < -0.4 is 0 Å². The molecule has 3 nitrogen and oxygen atoms in total. The van der Waals surface area contributed by atoms with Crippen LogP contribution in [0.1, 0.15) is 44.2 Å². The third kappa shape index (κ3) is 4.85. The number of allylic oxidation sites excluding steroid dienone is 1. The second-order valence-electron chi connectivity index (χ2n) is 5.31. The molecule has 1 aromatic heterocycles. The lowest BCUT2D eigenvalue weighted by atomic mass is 10.0. The molecule has 0 bridgehead atoms. The minimum absolute atomic E-state index is 0.101. The molecular weight excluding hydrogens is 296 g/mol. The van der Waals surface area contributed by atoms with Crippen LogP contribution in [0.4, 0.5) is 0 Å². The first-order chi connectivity index (χ1) is 10.7. The van der Waals surface area contributed by atoms with E-state index in [0.29, 0.717) is 5.02 Å². The van der Waals surface area contributed by atoms with E-state index in [0.717, 1.165) is 31.2 Å². The lowest BCUT2D eigenvalue weighted by Gasteiger charge is -2.15. The molecule has 4 heteroatoms. The quantitative estimate of drug-likeness (QED) is 0.510. The van der Waals surface area contributed by atoms with Gasteiger partial charge >= 0.3 is 0 Å². The van der Waals surface area contributed by atoms with Crippen molar-refractivity contribution in [2.75, 3.05) is 0 Å². The highest BCUT2D eigenvalue weighted by Crippen LogP contribution is 2.18. The maximum Gasteiger partial charge on any atom is 0.178 e. The predicted molar refractivity (Wildman–Crippen MR) is 90.9 cm³/mol. The zero-order chi connectivity index (χ0) is 15.8. The van der Waals surface area contributed by atoms with Crippen LogP contribution in [-0.4, -0.2) is 15.3 Å². The Morgan fingerprint density at radius 1 is 1.32 bits per heavy atom. The Labute approximate surface area is 136 Å². The van der Waals surface area contributed by atoms with Crippen LogP contribution in [0, 0.1) is 0 Å². The van der Waals surface area contributed by atoms with Crippen LogP contribution in [0.2, 0.25) is 5.02 Å². The molecule has 1 unspecified atom stereocenters. The molecule has 2 rings (SSSR count). The van der Waals surface area contributed by atoms with Crippen molar-refractivity contribution in [3.05, 3.63) is 59.6 Å². The number of benzene rings is 1. The first-order valence-electron chi connectivity index (χ1n) is 7.65. The molecule has 1 heterocycles. The summed E-state index contributed by atoms with van der Waals surface area (Å²) in [6.07, 6.45) is 12.9. The smallest absolute Gasteiger partial charge is 0.178 e. The number of halogens is 1. The van der Waals surface area contributed by atoms with Gasteiger partial charge in [0.2, 0.25) is 0 Å².